The number of amides is 1. The number of carbonyl (C=O) groups excluding carboxylic acids is 1. The molecule has 4 heteroatoms. The van der Waals surface area contributed by atoms with Gasteiger partial charge in [-0.3, -0.25) is 9.59 Å². The quantitative estimate of drug-likeness (QED) is 0.812. The molecule has 1 amide bonds. The van der Waals surface area contributed by atoms with Crippen molar-refractivity contribution < 1.29 is 14.7 Å². The molecule has 3 rings (SSSR count). The molecule has 21 heavy (non-hydrogen) atoms. The van der Waals surface area contributed by atoms with Gasteiger partial charge in [0.1, 0.15) is 0 Å². The van der Waals surface area contributed by atoms with Crippen molar-refractivity contribution in [1.82, 2.24) is 5.32 Å². The van der Waals surface area contributed by atoms with Gasteiger partial charge in [-0.2, -0.15) is 0 Å². The fraction of sp³-hybridized carbons (Fsp3) is 0.412. The number of allylic oxidation sites excluding steroid dienone is 2. The Morgan fingerprint density at radius 1 is 1.10 bits per heavy atom. The number of carbonyl (C=O) groups is 2. The first-order valence-electron chi connectivity index (χ1n) is 7.39. The number of aliphatic carboxylic acids is 1. The van der Waals surface area contributed by atoms with Crippen molar-refractivity contribution in [2.75, 3.05) is 6.54 Å². The summed E-state index contributed by atoms with van der Waals surface area (Å²) in [4.78, 5) is 23.7. The third-order valence-electron chi connectivity index (χ3n) is 4.60. The number of hydrogen-bond acceptors (Lipinski definition) is 2. The van der Waals surface area contributed by atoms with Crippen LogP contribution in [0.3, 0.4) is 0 Å². The maximum Gasteiger partial charge on any atom is 0.307 e. The molecule has 0 spiro atoms. The Bertz CT molecular complexity index is 567. The molecule has 1 saturated carbocycles. The van der Waals surface area contributed by atoms with E-state index >= 15 is 0 Å². The molecule has 110 valence electrons. The first kappa shape index (κ1) is 13.9. The monoisotopic (exact) mass is 285 g/mol. The normalized spacial score (nSPS) is 29.5. The topological polar surface area (TPSA) is 66.4 Å². The molecular weight excluding hydrogens is 266 g/mol. The van der Waals surface area contributed by atoms with Crippen molar-refractivity contribution >= 4 is 11.9 Å². The van der Waals surface area contributed by atoms with E-state index in [-0.39, 0.29) is 17.7 Å². The SMILES string of the molecule is O=C(NCCc1ccccc1)[C@@H]1[C@@H](C(=O)O)[C@H]2C=C[C@@H]1C2. The molecule has 2 aliphatic carbocycles. The molecule has 1 aromatic carbocycles. The summed E-state index contributed by atoms with van der Waals surface area (Å²) in [5.74, 6) is -1.82. The van der Waals surface area contributed by atoms with Gasteiger partial charge in [-0.1, -0.05) is 42.5 Å². The molecular formula is C17H19NO3. The third-order valence-corrected chi connectivity index (χ3v) is 4.60. The lowest BCUT2D eigenvalue weighted by atomic mass is 9.82. The van der Waals surface area contributed by atoms with Crippen molar-refractivity contribution in [1.29, 1.82) is 0 Å². The molecule has 0 aliphatic heterocycles. The van der Waals surface area contributed by atoms with Gasteiger partial charge in [0.2, 0.25) is 5.91 Å². The average Bonchev–Trinajstić information content (AvgIpc) is 3.08. The van der Waals surface area contributed by atoms with Crippen molar-refractivity contribution in [2.24, 2.45) is 23.7 Å². The first-order chi connectivity index (χ1) is 10.2. The highest BCUT2D eigenvalue weighted by Crippen LogP contribution is 2.48. The highest BCUT2D eigenvalue weighted by Gasteiger charge is 2.51. The Kier molecular flexibility index (Phi) is 3.78. The van der Waals surface area contributed by atoms with Crippen LogP contribution in [0.4, 0.5) is 0 Å². The van der Waals surface area contributed by atoms with Gasteiger partial charge in [-0.05, 0) is 30.2 Å². The van der Waals surface area contributed by atoms with Crippen LogP contribution >= 0.6 is 0 Å². The van der Waals surface area contributed by atoms with Gasteiger partial charge >= 0.3 is 5.97 Å². The molecule has 0 unspecified atom stereocenters. The van der Waals surface area contributed by atoms with Gasteiger partial charge in [0.25, 0.3) is 0 Å². The molecule has 4 atom stereocenters. The number of rotatable bonds is 5. The second kappa shape index (κ2) is 5.72. The largest absolute Gasteiger partial charge is 0.481 e. The van der Waals surface area contributed by atoms with Gasteiger partial charge in [-0.25, -0.2) is 0 Å². The zero-order valence-electron chi connectivity index (χ0n) is 11.7. The summed E-state index contributed by atoms with van der Waals surface area (Å²) in [5.41, 5.74) is 1.17. The summed E-state index contributed by atoms with van der Waals surface area (Å²) < 4.78 is 0. The van der Waals surface area contributed by atoms with Crippen molar-refractivity contribution in [3.8, 4) is 0 Å². The van der Waals surface area contributed by atoms with Crippen LogP contribution in [0, 0.1) is 23.7 Å². The van der Waals surface area contributed by atoms with Crippen molar-refractivity contribution in [3.05, 3.63) is 48.0 Å². The van der Waals surface area contributed by atoms with Crippen LogP contribution in [-0.4, -0.2) is 23.5 Å². The van der Waals surface area contributed by atoms with Crippen molar-refractivity contribution in [2.45, 2.75) is 12.8 Å². The van der Waals surface area contributed by atoms with E-state index in [1.807, 2.05) is 42.5 Å². The zero-order chi connectivity index (χ0) is 14.8. The van der Waals surface area contributed by atoms with Crippen molar-refractivity contribution in [3.63, 3.8) is 0 Å². The number of carboxylic acids is 1. The fourth-order valence-corrected chi connectivity index (χ4v) is 3.61. The Labute approximate surface area is 123 Å². The average molecular weight is 285 g/mol. The minimum Gasteiger partial charge on any atom is -0.481 e. The summed E-state index contributed by atoms with van der Waals surface area (Å²) in [6.07, 6.45) is 5.53. The van der Waals surface area contributed by atoms with Gasteiger partial charge in [0.15, 0.2) is 0 Å². The fourth-order valence-electron chi connectivity index (χ4n) is 3.61. The van der Waals surface area contributed by atoms with Crippen LogP contribution < -0.4 is 5.32 Å². The lowest BCUT2D eigenvalue weighted by Crippen LogP contribution is -2.40. The number of nitrogens with one attached hydrogen (secondary N) is 1. The Hall–Kier alpha value is -2.10. The lowest BCUT2D eigenvalue weighted by molar-refractivity contribution is -0.147. The molecule has 1 fully saturated rings. The predicted octanol–water partition coefficient (Wildman–Crippen LogP) is 1.87. The van der Waals surface area contributed by atoms with E-state index in [0.29, 0.717) is 6.54 Å². The van der Waals surface area contributed by atoms with Gasteiger partial charge in [0, 0.05) is 6.54 Å². The summed E-state index contributed by atoms with van der Waals surface area (Å²) in [5, 5.41) is 12.3. The minimum absolute atomic E-state index is 0.0253. The number of carboxylic acid groups (broad SMARTS) is 1. The Morgan fingerprint density at radius 2 is 1.76 bits per heavy atom. The summed E-state index contributed by atoms with van der Waals surface area (Å²) in [6.45, 7) is 0.548. The molecule has 0 radical (unpaired) electrons. The zero-order valence-corrected chi connectivity index (χ0v) is 11.7. The molecule has 0 heterocycles. The van der Waals surface area contributed by atoms with Crippen LogP contribution in [0.5, 0.6) is 0 Å². The molecule has 4 nitrogen and oxygen atoms in total. The lowest BCUT2D eigenvalue weighted by Gasteiger charge is -2.23. The Morgan fingerprint density at radius 3 is 2.43 bits per heavy atom. The highest BCUT2D eigenvalue weighted by molar-refractivity contribution is 5.86. The van der Waals surface area contributed by atoms with E-state index < -0.39 is 17.8 Å². The number of benzene rings is 1. The first-order valence-corrected chi connectivity index (χ1v) is 7.39. The summed E-state index contributed by atoms with van der Waals surface area (Å²) in [6, 6.07) is 9.94. The van der Waals surface area contributed by atoms with Gasteiger partial charge in [-0.15, -0.1) is 0 Å². The molecule has 0 aromatic heterocycles. The van der Waals surface area contributed by atoms with E-state index in [1.54, 1.807) is 0 Å². The van der Waals surface area contributed by atoms with E-state index in [9.17, 15) is 14.7 Å². The minimum atomic E-state index is -0.852. The smallest absolute Gasteiger partial charge is 0.307 e. The highest BCUT2D eigenvalue weighted by atomic mass is 16.4. The second-order valence-corrected chi connectivity index (χ2v) is 5.86. The van der Waals surface area contributed by atoms with Crippen LogP contribution in [0.2, 0.25) is 0 Å². The van der Waals surface area contributed by atoms with Gasteiger partial charge < -0.3 is 10.4 Å². The molecule has 2 bridgehead atoms. The van der Waals surface area contributed by atoms with Gasteiger partial charge in [0.05, 0.1) is 11.8 Å². The number of fused-ring (bicyclic) bond motifs is 2. The molecule has 1 aromatic rings. The maximum atomic E-state index is 12.3. The van der Waals surface area contributed by atoms with Crippen LogP contribution in [0.15, 0.2) is 42.5 Å². The third kappa shape index (κ3) is 2.71. The predicted molar refractivity (Wildman–Crippen MR) is 78.5 cm³/mol. The summed E-state index contributed by atoms with van der Waals surface area (Å²) >= 11 is 0. The standard InChI is InChI=1S/C17H19NO3/c19-16(18-9-8-11-4-2-1-3-5-11)14-12-6-7-13(10-12)15(14)17(20)21/h1-7,12-15H,8-10H2,(H,18,19)(H,20,21)/t12-,13+,14+,15+/m1/s1. The van der Waals surface area contributed by atoms with E-state index in [4.69, 9.17) is 0 Å². The van der Waals surface area contributed by atoms with E-state index in [0.717, 1.165) is 12.8 Å². The molecule has 2 aliphatic rings. The Balaban J connectivity index is 1.58. The summed E-state index contributed by atoms with van der Waals surface area (Å²) in [7, 11) is 0. The maximum absolute atomic E-state index is 12.3. The van der Waals surface area contributed by atoms with E-state index in [1.165, 1.54) is 5.56 Å². The van der Waals surface area contributed by atoms with Crippen LogP contribution in [-0.2, 0) is 16.0 Å². The van der Waals surface area contributed by atoms with E-state index in [2.05, 4.69) is 5.32 Å². The molecule has 0 saturated heterocycles. The van der Waals surface area contributed by atoms with Crippen LogP contribution in [0.1, 0.15) is 12.0 Å². The second-order valence-electron chi connectivity index (χ2n) is 5.86. The molecule has 2 N–H and O–H groups in total. The number of hydrogen-bond donors (Lipinski definition) is 2. The van der Waals surface area contributed by atoms with Crippen LogP contribution in [0.25, 0.3) is 0 Å².